The van der Waals surface area contributed by atoms with Gasteiger partial charge in [0.05, 0.1) is 5.38 Å². The first kappa shape index (κ1) is 10.8. The first-order chi connectivity index (χ1) is 6.24. The second-order valence-corrected chi connectivity index (χ2v) is 3.90. The summed E-state index contributed by atoms with van der Waals surface area (Å²) in [5, 5.41) is 0.134. The van der Waals surface area contributed by atoms with Crippen molar-refractivity contribution in [1.82, 2.24) is 4.90 Å². The van der Waals surface area contributed by atoms with Crippen LogP contribution < -0.4 is 0 Å². The van der Waals surface area contributed by atoms with E-state index in [2.05, 4.69) is 0 Å². The van der Waals surface area contributed by atoms with Crippen LogP contribution in [0.15, 0.2) is 0 Å². The maximum Gasteiger partial charge on any atom is 0.248 e. The van der Waals surface area contributed by atoms with E-state index in [0.717, 1.165) is 19.4 Å². The number of rotatable bonds is 4. The number of amides is 1. The number of carbonyl (C=O) groups is 1. The van der Waals surface area contributed by atoms with Crippen LogP contribution in [-0.2, 0) is 9.53 Å². The predicted molar refractivity (Wildman–Crippen MR) is 51.9 cm³/mol. The van der Waals surface area contributed by atoms with Crippen LogP contribution in [0.2, 0.25) is 0 Å². The van der Waals surface area contributed by atoms with Crippen LogP contribution in [0.1, 0.15) is 19.8 Å². The van der Waals surface area contributed by atoms with E-state index in [9.17, 15) is 4.79 Å². The molecule has 0 radical (unpaired) electrons. The topological polar surface area (TPSA) is 29.5 Å². The Morgan fingerprint density at radius 1 is 1.69 bits per heavy atom. The van der Waals surface area contributed by atoms with E-state index in [-0.39, 0.29) is 17.9 Å². The van der Waals surface area contributed by atoms with Crippen LogP contribution in [0.25, 0.3) is 0 Å². The van der Waals surface area contributed by atoms with Crippen LogP contribution in [0.5, 0.6) is 0 Å². The minimum Gasteiger partial charge on any atom is -0.372 e. The molecule has 76 valence electrons. The van der Waals surface area contributed by atoms with Gasteiger partial charge in [-0.15, -0.1) is 11.6 Å². The van der Waals surface area contributed by atoms with Gasteiger partial charge in [0, 0.05) is 19.7 Å². The van der Waals surface area contributed by atoms with Crippen molar-refractivity contribution >= 4 is 17.5 Å². The lowest BCUT2D eigenvalue weighted by Crippen LogP contribution is -2.32. The van der Waals surface area contributed by atoms with E-state index in [4.69, 9.17) is 16.3 Å². The molecule has 0 aromatic rings. The van der Waals surface area contributed by atoms with Crippen molar-refractivity contribution in [2.24, 2.45) is 0 Å². The summed E-state index contributed by atoms with van der Waals surface area (Å²) in [6.07, 6.45) is 1.85. The molecule has 1 unspecified atom stereocenters. The summed E-state index contributed by atoms with van der Waals surface area (Å²) in [6.45, 7) is 4.34. The fraction of sp³-hybridized carbons (Fsp3) is 0.889. The number of ether oxygens (including phenoxy) is 1. The highest BCUT2D eigenvalue weighted by Crippen LogP contribution is 2.14. The molecule has 1 fully saturated rings. The first-order valence-corrected chi connectivity index (χ1v) is 5.17. The molecule has 3 nitrogen and oxygen atoms in total. The van der Waals surface area contributed by atoms with Gasteiger partial charge in [0.25, 0.3) is 0 Å². The highest BCUT2D eigenvalue weighted by atomic mass is 35.5. The van der Waals surface area contributed by atoms with Gasteiger partial charge in [-0.1, -0.05) is 6.92 Å². The van der Waals surface area contributed by atoms with E-state index < -0.39 is 0 Å². The lowest BCUT2D eigenvalue weighted by molar-refractivity contribution is -0.135. The van der Waals surface area contributed by atoms with Crippen molar-refractivity contribution in [2.45, 2.75) is 25.1 Å². The van der Waals surface area contributed by atoms with Gasteiger partial charge in [0.1, 0.15) is 6.61 Å². The maximum absolute atomic E-state index is 11.4. The first-order valence-electron chi connectivity index (χ1n) is 4.73. The van der Waals surface area contributed by atoms with Crippen molar-refractivity contribution in [1.29, 1.82) is 0 Å². The number of alkyl halides is 1. The monoisotopic (exact) mass is 205 g/mol. The van der Waals surface area contributed by atoms with E-state index in [1.54, 1.807) is 4.90 Å². The molecule has 0 aromatic heterocycles. The van der Waals surface area contributed by atoms with Crippen LogP contribution in [0.4, 0.5) is 0 Å². The Bertz CT molecular complexity index is 175. The van der Waals surface area contributed by atoms with Crippen molar-refractivity contribution in [2.75, 3.05) is 26.3 Å². The Balaban J connectivity index is 2.16. The molecular weight excluding hydrogens is 190 g/mol. The quantitative estimate of drug-likeness (QED) is 0.511. The Morgan fingerprint density at radius 2 is 2.46 bits per heavy atom. The predicted octanol–water partition coefficient (Wildman–Crippen LogP) is 1.25. The van der Waals surface area contributed by atoms with Crippen LogP contribution >= 0.6 is 11.6 Å². The van der Waals surface area contributed by atoms with Crippen molar-refractivity contribution in [3.63, 3.8) is 0 Å². The molecule has 1 heterocycles. The van der Waals surface area contributed by atoms with Gasteiger partial charge in [-0.2, -0.15) is 0 Å². The third kappa shape index (κ3) is 3.53. The highest BCUT2D eigenvalue weighted by molar-refractivity contribution is 6.21. The molecule has 0 N–H and O–H groups in total. The molecule has 0 aliphatic carbocycles. The van der Waals surface area contributed by atoms with Gasteiger partial charge in [-0.3, -0.25) is 4.79 Å². The van der Waals surface area contributed by atoms with Gasteiger partial charge in [0.2, 0.25) is 5.91 Å². The number of hydrogen-bond acceptors (Lipinski definition) is 2. The van der Waals surface area contributed by atoms with Crippen molar-refractivity contribution in [3.05, 3.63) is 0 Å². The molecule has 0 aromatic carbocycles. The smallest absolute Gasteiger partial charge is 0.248 e. The molecule has 0 bridgehead atoms. The van der Waals surface area contributed by atoms with Crippen molar-refractivity contribution < 1.29 is 9.53 Å². The zero-order chi connectivity index (χ0) is 9.68. The van der Waals surface area contributed by atoms with Crippen LogP contribution in [0.3, 0.4) is 0 Å². The third-order valence-electron chi connectivity index (χ3n) is 2.06. The summed E-state index contributed by atoms with van der Waals surface area (Å²) in [5.74, 6) is 0.0663. The molecule has 1 aliphatic rings. The summed E-state index contributed by atoms with van der Waals surface area (Å²) in [4.78, 5) is 13.2. The summed E-state index contributed by atoms with van der Waals surface area (Å²) in [5.41, 5.74) is 0. The molecule has 0 saturated carbocycles. The molecule has 1 saturated heterocycles. The molecule has 1 rings (SSSR count). The Hall–Kier alpha value is -0.280. The average Bonchev–Trinajstić information content (AvgIpc) is 2.52. The van der Waals surface area contributed by atoms with Gasteiger partial charge in [0.15, 0.2) is 0 Å². The zero-order valence-electron chi connectivity index (χ0n) is 7.96. The minimum absolute atomic E-state index is 0.0663. The van der Waals surface area contributed by atoms with E-state index in [1.807, 2.05) is 6.92 Å². The Kier molecular flexibility index (Phi) is 4.53. The second-order valence-electron chi connectivity index (χ2n) is 3.28. The number of halogens is 1. The van der Waals surface area contributed by atoms with Crippen LogP contribution in [-0.4, -0.2) is 42.5 Å². The lowest BCUT2D eigenvalue weighted by Gasteiger charge is -2.14. The molecule has 13 heavy (non-hydrogen) atoms. The van der Waals surface area contributed by atoms with E-state index in [0.29, 0.717) is 13.2 Å². The third-order valence-corrected chi connectivity index (χ3v) is 2.41. The molecule has 1 atom stereocenters. The lowest BCUT2D eigenvalue weighted by atomic mass is 10.4. The fourth-order valence-corrected chi connectivity index (χ4v) is 1.60. The van der Waals surface area contributed by atoms with Gasteiger partial charge in [-0.25, -0.2) is 0 Å². The summed E-state index contributed by atoms with van der Waals surface area (Å²) >= 11 is 5.88. The Morgan fingerprint density at radius 3 is 3.00 bits per heavy atom. The molecule has 1 amide bonds. The molecular formula is C9H16ClNO2. The SMILES string of the molecule is CCCOCC(=O)N1CCC(Cl)C1. The molecule has 0 spiro atoms. The van der Waals surface area contributed by atoms with Gasteiger partial charge in [-0.05, 0) is 12.8 Å². The summed E-state index contributed by atoms with van der Waals surface area (Å²) in [7, 11) is 0. The van der Waals surface area contributed by atoms with Gasteiger partial charge >= 0.3 is 0 Å². The number of hydrogen-bond donors (Lipinski definition) is 0. The Labute approximate surface area is 84.0 Å². The number of carbonyl (C=O) groups excluding carboxylic acids is 1. The fourth-order valence-electron chi connectivity index (χ4n) is 1.34. The van der Waals surface area contributed by atoms with E-state index in [1.165, 1.54) is 0 Å². The van der Waals surface area contributed by atoms with Crippen LogP contribution in [0, 0.1) is 0 Å². The summed E-state index contributed by atoms with van der Waals surface area (Å²) < 4.78 is 5.16. The van der Waals surface area contributed by atoms with Gasteiger partial charge < -0.3 is 9.64 Å². The highest BCUT2D eigenvalue weighted by Gasteiger charge is 2.24. The largest absolute Gasteiger partial charge is 0.372 e. The second kappa shape index (κ2) is 5.45. The van der Waals surface area contributed by atoms with Crippen molar-refractivity contribution in [3.8, 4) is 0 Å². The summed E-state index contributed by atoms with van der Waals surface area (Å²) in [6, 6.07) is 0. The molecule has 1 aliphatic heterocycles. The zero-order valence-corrected chi connectivity index (χ0v) is 8.72. The normalized spacial score (nSPS) is 22.3. The number of nitrogens with zero attached hydrogens (tertiary/aromatic N) is 1. The minimum atomic E-state index is 0.0663. The standard InChI is InChI=1S/C9H16ClNO2/c1-2-5-13-7-9(12)11-4-3-8(10)6-11/h8H,2-7H2,1H3. The maximum atomic E-state index is 11.4. The number of likely N-dealkylation sites (tertiary alicyclic amines) is 1. The average molecular weight is 206 g/mol. The molecule has 4 heteroatoms. The van der Waals surface area contributed by atoms with E-state index >= 15 is 0 Å².